The van der Waals surface area contributed by atoms with Gasteiger partial charge in [-0.15, -0.1) is 10.2 Å². The number of hydrogen-bond donors (Lipinski definition) is 0. The van der Waals surface area contributed by atoms with Gasteiger partial charge in [-0.3, -0.25) is 0 Å². The van der Waals surface area contributed by atoms with Crippen molar-refractivity contribution in [2.24, 2.45) is 0 Å². The van der Waals surface area contributed by atoms with Crippen LogP contribution < -0.4 is 0 Å². The highest BCUT2D eigenvalue weighted by Gasteiger charge is 2.17. The predicted molar refractivity (Wildman–Crippen MR) is 57.2 cm³/mol. The number of nitrogens with zero attached hydrogens (tertiary/aromatic N) is 3. The Labute approximate surface area is 94.6 Å². The Morgan fingerprint density at radius 1 is 1.31 bits per heavy atom. The number of hydrogen-bond acceptors (Lipinski definition) is 5. The molecule has 1 aromatic heterocycles. The summed E-state index contributed by atoms with van der Waals surface area (Å²) in [5.74, 6) is 0.474. The molecule has 0 aliphatic heterocycles. The number of aryl methyl sites for hydroxylation is 1. The van der Waals surface area contributed by atoms with Gasteiger partial charge in [-0.05, 0) is 20.8 Å². The van der Waals surface area contributed by atoms with Crippen LogP contribution in [0.25, 0.3) is 0 Å². The van der Waals surface area contributed by atoms with E-state index in [9.17, 15) is 4.79 Å². The largest absolute Gasteiger partial charge is 0.460 e. The molecule has 0 saturated carbocycles. The molecule has 1 heterocycles. The quantitative estimate of drug-likeness (QED) is 0.531. The Morgan fingerprint density at radius 3 is 2.69 bits per heavy atom. The molecule has 0 amide bonds. The van der Waals surface area contributed by atoms with Gasteiger partial charge in [0.15, 0.2) is 0 Å². The number of ether oxygens (including phenoxy) is 2. The summed E-state index contributed by atoms with van der Waals surface area (Å²) in [7, 11) is 0. The molecule has 0 aromatic carbocycles. The average molecular weight is 227 g/mol. The molecule has 0 aliphatic rings. The first-order valence-electron chi connectivity index (χ1n) is 5.35. The van der Waals surface area contributed by atoms with Crippen LogP contribution in [0, 0.1) is 6.92 Å². The molecule has 16 heavy (non-hydrogen) atoms. The third kappa shape index (κ3) is 3.03. The van der Waals surface area contributed by atoms with Crippen molar-refractivity contribution in [1.29, 1.82) is 0 Å². The summed E-state index contributed by atoms with van der Waals surface area (Å²) in [4.78, 5) is 11.5. The molecule has 0 fully saturated rings. The minimum Gasteiger partial charge on any atom is -0.460 e. The fraction of sp³-hybridized carbons (Fsp3) is 0.700. The highest BCUT2D eigenvalue weighted by molar-refractivity contribution is 5.85. The van der Waals surface area contributed by atoms with Crippen molar-refractivity contribution in [2.45, 2.75) is 27.3 Å². The lowest BCUT2D eigenvalue weighted by atomic mass is 10.5. The summed E-state index contributed by atoms with van der Waals surface area (Å²) < 4.78 is 11.8. The maximum absolute atomic E-state index is 11.5. The maximum Gasteiger partial charge on any atom is 0.376 e. The minimum atomic E-state index is -0.445. The summed E-state index contributed by atoms with van der Waals surface area (Å²) in [6, 6.07) is 0. The maximum atomic E-state index is 11.5. The van der Waals surface area contributed by atoms with E-state index in [4.69, 9.17) is 9.47 Å². The van der Waals surface area contributed by atoms with Crippen molar-refractivity contribution >= 4 is 5.97 Å². The van der Waals surface area contributed by atoms with Crippen LogP contribution in [0.3, 0.4) is 0 Å². The monoisotopic (exact) mass is 227 g/mol. The van der Waals surface area contributed by atoms with Crippen molar-refractivity contribution in [2.75, 3.05) is 19.8 Å². The molecule has 0 radical (unpaired) electrons. The lowest BCUT2D eigenvalue weighted by molar-refractivity contribution is 0.0502. The van der Waals surface area contributed by atoms with Crippen molar-refractivity contribution < 1.29 is 14.3 Å². The van der Waals surface area contributed by atoms with Crippen LogP contribution in [0.15, 0.2) is 0 Å². The summed E-state index contributed by atoms with van der Waals surface area (Å²) in [6.07, 6.45) is 0. The predicted octanol–water partition coefficient (Wildman–Crippen LogP) is 0.800. The lowest BCUT2D eigenvalue weighted by Gasteiger charge is -2.07. The Bertz CT molecular complexity index is 349. The summed E-state index contributed by atoms with van der Waals surface area (Å²) in [6.45, 7) is 7.54. The second-order valence-electron chi connectivity index (χ2n) is 3.14. The fourth-order valence-electron chi connectivity index (χ4n) is 1.30. The normalized spacial score (nSPS) is 10.4. The van der Waals surface area contributed by atoms with E-state index in [0.717, 1.165) is 0 Å². The lowest BCUT2D eigenvalue weighted by Crippen LogP contribution is -2.16. The number of carbonyl (C=O) groups excluding carboxylic acids is 1. The number of esters is 1. The van der Waals surface area contributed by atoms with E-state index >= 15 is 0 Å². The second kappa shape index (κ2) is 6.22. The van der Waals surface area contributed by atoms with Crippen molar-refractivity contribution in [3.05, 3.63) is 11.6 Å². The van der Waals surface area contributed by atoms with Crippen LogP contribution in [-0.2, 0) is 16.0 Å². The SMILES string of the molecule is CCOCCn1c(C)nnc1C(=O)OCC. The van der Waals surface area contributed by atoms with Crippen LogP contribution in [0.2, 0.25) is 0 Å². The molecule has 0 unspecified atom stereocenters. The first kappa shape index (κ1) is 12.6. The molecule has 6 nitrogen and oxygen atoms in total. The van der Waals surface area contributed by atoms with Gasteiger partial charge in [-0.1, -0.05) is 0 Å². The van der Waals surface area contributed by atoms with E-state index in [1.54, 1.807) is 18.4 Å². The van der Waals surface area contributed by atoms with Crippen LogP contribution in [0.1, 0.15) is 30.3 Å². The fourth-order valence-corrected chi connectivity index (χ4v) is 1.30. The van der Waals surface area contributed by atoms with Gasteiger partial charge in [-0.25, -0.2) is 4.79 Å². The standard InChI is InChI=1S/C10H17N3O3/c1-4-15-7-6-13-8(3)11-12-9(13)10(14)16-5-2/h4-7H2,1-3H3. The third-order valence-corrected chi connectivity index (χ3v) is 2.06. The van der Waals surface area contributed by atoms with Crippen LogP contribution in [0.5, 0.6) is 0 Å². The zero-order valence-electron chi connectivity index (χ0n) is 9.89. The molecule has 6 heteroatoms. The molecule has 0 atom stereocenters. The highest BCUT2D eigenvalue weighted by atomic mass is 16.5. The molecular weight excluding hydrogens is 210 g/mol. The Hall–Kier alpha value is -1.43. The Morgan fingerprint density at radius 2 is 2.06 bits per heavy atom. The van der Waals surface area contributed by atoms with E-state index in [2.05, 4.69) is 10.2 Å². The molecule has 90 valence electrons. The third-order valence-electron chi connectivity index (χ3n) is 2.06. The molecule has 0 bridgehead atoms. The van der Waals surface area contributed by atoms with Gasteiger partial charge < -0.3 is 14.0 Å². The Balaban J connectivity index is 2.73. The first-order valence-corrected chi connectivity index (χ1v) is 5.35. The van der Waals surface area contributed by atoms with Crippen molar-refractivity contribution in [3.63, 3.8) is 0 Å². The van der Waals surface area contributed by atoms with Gasteiger partial charge in [-0.2, -0.15) is 0 Å². The van der Waals surface area contributed by atoms with Gasteiger partial charge in [0.2, 0.25) is 5.82 Å². The summed E-state index contributed by atoms with van der Waals surface area (Å²) in [5, 5.41) is 7.65. The summed E-state index contributed by atoms with van der Waals surface area (Å²) in [5.41, 5.74) is 0. The summed E-state index contributed by atoms with van der Waals surface area (Å²) >= 11 is 0. The van der Waals surface area contributed by atoms with Gasteiger partial charge in [0.25, 0.3) is 0 Å². The average Bonchev–Trinajstić information content (AvgIpc) is 2.61. The van der Waals surface area contributed by atoms with Crippen molar-refractivity contribution in [1.82, 2.24) is 14.8 Å². The molecule has 1 rings (SSSR count). The zero-order valence-corrected chi connectivity index (χ0v) is 9.89. The molecule has 0 spiro atoms. The first-order chi connectivity index (χ1) is 7.70. The second-order valence-corrected chi connectivity index (χ2v) is 3.14. The van der Waals surface area contributed by atoms with Crippen molar-refractivity contribution in [3.8, 4) is 0 Å². The molecule has 0 aliphatic carbocycles. The van der Waals surface area contributed by atoms with Crippen LogP contribution >= 0.6 is 0 Å². The zero-order chi connectivity index (χ0) is 12.0. The molecule has 1 aromatic rings. The van der Waals surface area contributed by atoms with E-state index in [0.29, 0.717) is 32.2 Å². The molecular formula is C10H17N3O3. The van der Waals surface area contributed by atoms with Gasteiger partial charge in [0.05, 0.1) is 13.2 Å². The van der Waals surface area contributed by atoms with Gasteiger partial charge in [0, 0.05) is 13.2 Å². The van der Waals surface area contributed by atoms with Crippen LogP contribution in [-0.4, -0.2) is 40.6 Å². The smallest absolute Gasteiger partial charge is 0.376 e. The molecule has 0 N–H and O–H groups in total. The number of aromatic nitrogens is 3. The van der Waals surface area contributed by atoms with Gasteiger partial charge >= 0.3 is 5.97 Å². The van der Waals surface area contributed by atoms with E-state index in [-0.39, 0.29) is 5.82 Å². The van der Waals surface area contributed by atoms with Gasteiger partial charge in [0.1, 0.15) is 5.82 Å². The topological polar surface area (TPSA) is 66.2 Å². The Kier molecular flexibility index (Phi) is 4.91. The number of rotatable bonds is 6. The van der Waals surface area contributed by atoms with E-state index < -0.39 is 5.97 Å². The van der Waals surface area contributed by atoms with E-state index in [1.807, 2.05) is 6.92 Å². The minimum absolute atomic E-state index is 0.235. The highest BCUT2D eigenvalue weighted by Crippen LogP contribution is 2.03. The number of carbonyl (C=O) groups is 1. The molecule has 0 saturated heterocycles. The van der Waals surface area contributed by atoms with E-state index in [1.165, 1.54) is 0 Å². The van der Waals surface area contributed by atoms with Crippen LogP contribution in [0.4, 0.5) is 0 Å².